The molecule has 3 aromatic rings. The van der Waals surface area contributed by atoms with Crippen molar-refractivity contribution in [2.45, 2.75) is 39.2 Å². The Bertz CT molecular complexity index is 848. The Morgan fingerprint density at radius 3 is 2.52 bits per heavy atom. The second-order valence-electron chi connectivity index (χ2n) is 6.16. The molecular formula is C20H21N3. The molecular weight excluding hydrogens is 282 g/mol. The fourth-order valence-corrected chi connectivity index (χ4v) is 3.72. The van der Waals surface area contributed by atoms with Gasteiger partial charge < -0.3 is 0 Å². The summed E-state index contributed by atoms with van der Waals surface area (Å²) in [5.74, 6) is 0.528. The molecule has 0 amide bonds. The minimum Gasteiger partial charge on any atom is -0.244 e. The van der Waals surface area contributed by atoms with E-state index in [-0.39, 0.29) is 0 Å². The third-order valence-corrected chi connectivity index (χ3v) is 4.92. The molecule has 0 aliphatic heterocycles. The molecule has 2 aromatic carbocycles. The minimum absolute atomic E-state index is 0.528. The van der Waals surface area contributed by atoms with E-state index in [4.69, 9.17) is 0 Å². The van der Waals surface area contributed by atoms with Crippen LogP contribution >= 0.6 is 0 Å². The number of hydrogen-bond donors (Lipinski definition) is 0. The van der Waals surface area contributed by atoms with Crippen molar-refractivity contribution < 1.29 is 0 Å². The Hall–Kier alpha value is -2.42. The van der Waals surface area contributed by atoms with Gasteiger partial charge in [0.2, 0.25) is 0 Å². The van der Waals surface area contributed by atoms with Gasteiger partial charge >= 0.3 is 0 Å². The van der Waals surface area contributed by atoms with Crippen molar-refractivity contribution in [2.24, 2.45) is 0 Å². The summed E-state index contributed by atoms with van der Waals surface area (Å²) in [6.07, 6.45) is 2.19. The van der Waals surface area contributed by atoms with E-state index in [1.54, 1.807) is 0 Å². The van der Waals surface area contributed by atoms with E-state index in [0.29, 0.717) is 5.92 Å². The first-order chi connectivity index (χ1) is 11.3. The SMILES string of the molecule is CCC1Cc2ccccc2-c2nnn(CC)c2-c2ccccc21. The van der Waals surface area contributed by atoms with Crippen LogP contribution < -0.4 is 0 Å². The molecule has 1 heterocycles. The van der Waals surface area contributed by atoms with E-state index < -0.39 is 0 Å². The lowest BCUT2D eigenvalue weighted by Gasteiger charge is -2.24. The monoisotopic (exact) mass is 303 g/mol. The van der Waals surface area contributed by atoms with Crippen molar-refractivity contribution >= 4 is 0 Å². The fraction of sp³-hybridized carbons (Fsp3) is 0.300. The van der Waals surface area contributed by atoms with Crippen LogP contribution in [-0.2, 0) is 13.0 Å². The first-order valence-electron chi connectivity index (χ1n) is 8.44. The molecule has 1 aliphatic carbocycles. The zero-order chi connectivity index (χ0) is 15.8. The molecule has 1 aliphatic rings. The lowest BCUT2D eigenvalue weighted by atomic mass is 9.81. The number of rotatable bonds is 2. The van der Waals surface area contributed by atoms with Gasteiger partial charge in [-0.25, -0.2) is 4.68 Å². The number of aryl methyl sites for hydroxylation is 1. The van der Waals surface area contributed by atoms with Crippen molar-refractivity contribution in [3.05, 3.63) is 59.7 Å². The van der Waals surface area contributed by atoms with Gasteiger partial charge in [0.1, 0.15) is 5.69 Å². The third kappa shape index (κ3) is 2.19. The normalized spacial score (nSPS) is 16.0. The molecule has 1 aromatic heterocycles. The highest BCUT2D eigenvalue weighted by Crippen LogP contribution is 2.41. The van der Waals surface area contributed by atoms with E-state index in [2.05, 4.69) is 72.7 Å². The van der Waals surface area contributed by atoms with E-state index in [1.807, 2.05) is 4.68 Å². The summed E-state index contributed by atoms with van der Waals surface area (Å²) < 4.78 is 2.03. The number of nitrogens with zero attached hydrogens (tertiary/aromatic N) is 3. The molecule has 0 saturated carbocycles. The van der Waals surface area contributed by atoms with E-state index in [9.17, 15) is 0 Å². The quantitative estimate of drug-likeness (QED) is 0.688. The fourth-order valence-electron chi connectivity index (χ4n) is 3.72. The Morgan fingerprint density at radius 1 is 1.00 bits per heavy atom. The molecule has 23 heavy (non-hydrogen) atoms. The topological polar surface area (TPSA) is 30.7 Å². The molecule has 0 bridgehead atoms. The van der Waals surface area contributed by atoms with Gasteiger partial charge in [-0.3, -0.25) is 0 Å². The van der Waals surface area contributed by atoms with Crippen molar-refractivity contribution in [3.8, 4) is 22.5 Å². The smallest absolute Gasteiger partial charge is 0.121 e. The molecule has 0 fully saturated rings. The van der Waals surface area contributed by atoms with Crippen LogP contribution in [0.5, 0.6) is 0 Å². The average Bonchev–Trinajstić information content (AvgIpc) is 3.02. The van der Waals surface area contributed by atoms with Crippen LogP contribution in [0.4, 0.5) is 0 Å². The lowest BCUT2D eigenvalue weighted by Crippen LogP contribution is -2.10. The van der Waals surface area contributed by atoms with Crippen molar-refractivity contribution in [3.63, 3.8) is 0 Å². The van der Waals surface area contributed by atoms with Crippen LogP contribution in [0.3, 0.4) is 0 Å². The molecule has 1 atom stereocenters. The Morgan fingerprint density at radius 2 is 1.74 bits per heavy atom. The first kappa shape index (κ1) is 14.2. The Labute approximate surface area is 137 Å². The van der Waals surface area contributed by atoms with Gasteiger partial charge in [-0.15, -0.1) is 5.10 Å². The van der Waals surface area contributed by atoms with Crippen LogP contribution in [0.1, 0.15) is 37.3 Å². The summed E-state index contributed by atoms with van der Waals surface area (Å²) >= 11 is 0. The maximum atomic E-state index is 4.53. The van der Waals surface area contributed by atoms with E-state index >= 15 is 0 Å². The van der Waals surface area contributed by atoms with E-state index in [1.165, 1.54) is 22.3 Å². The summed E-state index contributed by atoms with van der Waals surface area (Å²) in [5.41, 5.74) is 7.49. The van der Waals surface area contributed by atoms with Gasteiger partial charge in [0, 0.05) is 17.7 Å². The van der Waals surface area contributed by atoms with E-state index in [0.717, 1.165) is 30.8 Å². The van der Waals surface area contributed by atoms with Crippen LogP contribution in [0.2, 0.25) is 0 Å². The highest BCUT2D eigenvalue weighted by Gasteiger charge is 2.26. The molecule has 0 spiro atoms. The highest BCUT2D eigenvalue weighted by atomic mass is 15.4. The number of hydrogen-bond acceptors (Lipinski definition) is 2. The number of benzene rings is 2. The molecule has 116 valence electrons. The molecule has 4 rings (SSSR count). The van der Waals surface area contributed by atoms with Crippen molar-refractivity contribution in [1.29, 1.82) is 0 Å². The predicted octanol–water partition coefficient (Wildman–Crippen LogP) is 4.68. The maximum absolute atomic E-state index is 4.53. The Balaban J connectivity index is 2.09. The van der Waals surface area contributed by atoms with Crippen LogP contribution in [0, 0.1) is 0 Å². The summed E-state index contributed by atoms with van der Waals surface area (Å²) in [6, 6.07) is 17.4. The van der Waals surface area contributed by atoms with Gasteiger partial charge in [-0.05, 0) is 36.8 Å². The van der Waals surface area contributed by atoms with Crippen LogP contribution in [0.25, 0.3) is 22.5 Å². The van der Waals surface area contributed by atoms with Crippen molar-refractivity contribution in [1.82, 2.24) is 15.0 Å². The van der Waals surface area contributed by atoms with Gasteiger partial charge in [-0.1, -0.05) is 60.7 Å². The number of fused-ring (bicyclic) bond motifs is 5. The highest BCUT2D eigenvalue weighted by molar-refractivity contribution is 5.82. The predicted molar refractivity (Wildman–Crippen MR) is 93.3 cm³/mol. The van der Waals surface area contributed by atoms with Crippen molar-refractivity contribution in [2.75, 3.05) is 0 Å². The van der Waals surface area contributed by atoms with Gasteiger partial charge in [0.15, 0.2) is 0 Å². The van der Waals surface area contributed by atoms with Crippen LogP contribution in [0.15, 0.2) is 48.5 Å². The van der Waals surface area contributed by atoms with Gasteiger partial charge in [0.05, 0.1) is 5.69 Å². The van der Waals surface area contributed by atoms with Gasteiger partial charge in [0.25, 0.3) is 0 Å². The Kier molecular flexibility index (Phi) is 3.49. The second kappa shape index (κ2) is 5.65. The maximum Gasteiger partial charge on any atom is 0.121 e. The lowest BCUT2D eigenvalue weighted by molar-refractivity contribution is 0.629. The third-order valence-electron chi connectivity index (χ3n) is 4.92. The summed E-state index contributed by atoms with van der Waals surface area (Å²) in [6.45, 7) is 5.23. The molecule has 3 heteroatoms. The molecule has 0 radical (unpaired) electrons. The summed E-state index contributed by atoms with van der Waals surface area (Å²) in [4.78, 5) is 0. The molecule has 3 nitrogen and oxygen atoms in total. The van der Waals surface area contributed by atoms with Gasteiger partial charge in [-0.2, -0.15) is 0 Å². The first-order valence-corrected chi connectivity index (χ1v) is 8.44. The second-order valence-corrected chi connectivity index (χ2v) is 6.16. The minimum atomic E-state index is 0.528. The summed E-state index contributed by atoms with van der Waals surface area (Å²) in [5, 5.41) is 8.95. The summed E-state index contributed by atoms with van der Waals surface area (Å²) in [7, 11) is 0. The standard InChI is InChI=1S/C20H21N3/c1-3-14-13-15-9-5-6-11-17(15)19-20(23(4-2)22-21-19)18-12-8-7-10-16(14)18/h5-12,14H,3-4,13H2,1-2H3. The number of aromatic nitrogens is 3. The zero-order valence-electron chi connectivity index (χ0n) is 13.7. The molecule has 1 unspecified atom stereocenters. The molecule has 0 saturated heterocycles. The zero-order valence-corrected chi connectivity index (χ0v) is 13.7. The largest absolute Gasteiger partial charge is 0.244 e. The molecule has 0 N–H and O–H groups in total. The van der Waals surface area contributed by atoms with Crippen LogP contribution in [-0.4, -0.2) is 15.0 Å². The average molecular weight is 303 g/mol.